The smallest absolute Gasteiger partial charge is 0.341 e. The summed E-state index contributed by atoms with van der Waals surface area (Å²) in [6.07, 6.45) is 1.85. The maximum Gasteiger partial charge on any atom is 0.341 e. The minimum atomic E-state index is -2.29. The van der Waals surface area contributed by atoms with Crippen molar-refractivity contribution in [2.24, 2.45) is 0 Å². The molecule has 0 saturated heterocycles. The molecule has 0 fully saturated rings. The van der Waals surface area contributed by atoms with Gasteiger partial charge in [0.25, 0.3) is 0 Å². The van der Waals surface area contributed by atoms with Crippen LogP contribution in [0.3, 0.4) is 0 Å². The monoisotopic (exact) mass is 648 g/mol. The third-order valence-corrected chi connectivity index (χ3v) is 21.8. The fourth-order valence-electron chi connectivity index (χ4n) is 7.94. The molecule has 3 atom stereocenters. The maximum absolute atomic E-state index is 12.3. The molecule has 1 aliphatic heterocycles. The van der Waals surface area contributed by atoms with E-state index < -0.39 is 28.6 Å². The lowest BCUT2D eigenvalue weighted by molar-refractivity contribution is -0.131. The number of esters is 2. The van der Waals surface area contributed by atoms with Gasteiger partial charge in [-0.05, 0) is 63.9 Å². The van der Waals surface area contributed by atoms with Crippen LogP contribution in [0, 0.1) is 0 Å². The lowest BCUT2D eigenvalue weighted by Crippen LogP contribution is -2.59. The van der Waals surface area contributed by atoms with E-state index in [1.54, 1.807) is 12.1 Å². The zero-order valence-electron chi connectivity index (χ0n) is 30.1. The Morgan fingerprint density at radius 1 is 0.795 bits per heavy atom. The molecule has 0 amide bonds. The summed E-state index contributed by atoms with van der Waals surface area (Å²) in [5.41, 5.74) is 3.57. The molecule has 0 N–H and O–H groups in total. The second-order valence-corrected chi connectivity index (χ2v) is 25.2. The fraction of sp³-hybridized carbons (Fsp3) is 0.714. The number of carbonyl (C=O) groups is 2. The summed E-state index contributed by atoms with van der Waals surface area (Å²) in [6, 6.07) is 5.19. The van der Waals surface area contributed by atoms with Crippen molar-refractivity contribution in [1.29, 1.82) is 0 Å². The van der Waals surface area contributed by atoms with Crippen molar-refractivity contribution in [2.75, 3.05) is 7.11 Å². The van der Waals surface area contributed by atoms with Gasteiger partial charge in [0, 0.05) is 13.3 Å². The van der Waals surface area contributed by atoms with Gasteiger partial charge in [0.2, 0.25) is 16.6 Å². The molecule has 0 aromatic heterocycles. The minimum Gasteiger partial charge on any atom is -0.492 e. The largest absolute Gasteiger partial charge is 0.492 e. The Bertz CT molecular complexity index is 1110. The first-order valence-electron chi connectivity index (χ1n) is 16.5. The zero-order valence-corrected chi connectivity index (χ0v) is 32.1. The Hall–Kier alpha value is -1.95. The first kappa shape index (κ1) is 38.2. The van der Waals surface area contributed by atoms with E-state index >= 15 is 0 Å². The first-order valence-corrected chi connectivity index (χ1v) is 20.8. The van der Waals surface area contributed by atoms with Gasteiger partial charge in [-0.1, -0.05) is 89.2 Å². The van der Waals surface area contributed by atoms with Crippen molar-refractivity contribution in [1.82, 2.24) is 0 Å². The van der Waals surface area contributed by atoms with Gasteiger partial charge < -0.3 is 23.1 Å². The summed E-state index contributed by atoms with van der Waals surface area (Å²) in [4.78, 5) is 24.1. The van der Waals surface area contributed by atoms with Crippen LogP contribution in [0.15, 0.2) is 30.0 Å². The van der Waals surface area contributed by atoms with Crippen molar-refractivity contribution in [3.05, 3.63) is 41.2 Å². The summed E-state index contributed by atoms with van der Waals surface area (Å²) in [5.74, 6) is -0.110. The van der Waals surface area contributed by atoms with E-state index in [4.69, 9.17) is 23.1 Å². The van der Waals surface area contributed by atoms with Gasteiger partial charge in [-0.3, -0.25) is 4.79 Å². The zero-order chi connectivity index (χ0) is 33.7. The second kappa shape index (κ2) is 15.6. The molecule has 0 spiro atoms. The van der Waals surface area contributed by atoms with Crippen molar-refractivity contribution in [3.63, 3.8) is 0 Å². The van der Waals surface area contributed by atoms with Crippen LogP contribution in [0.2, 0.25) is 33.2 Å². The number of hydrogen-bond donors (Lipinski definition) is 0. The highest BCUT2D eigenvalue weighted by atomic mass is 28.4. The van der Waals surface area contributed by atoms with Gasteiger partial charge in [0.1, 0.15) is 23.5 Å². The fourth-order valence-corrected chi connectivity index (χ4v) is 19.0. The number of carbonyl (C=O) groups excluding carboxylic acids is 2. The molecular weight excluding hydrogens is 589 g/mol. The quantitative estimate of drug-likeness (QED) is 0.113. The van der Waals surface area contributed by atoms with Gasteiger partial charge in [-0.2, -0.15) is 0 Å². The molecule has 0 bridgehead atoms. The summed E-state index contributed by atoms with van der Waals surface area (Å²) in [6.45, 7) is 31.1. The van der Waals surface area contributed by atoms with Gasteiger partial charge >= 0.3 is 11.9 Å². The molecule has 0 radical (unpaired) electrons. The summed E-state index contributed by atoms with van der Waals surface area (Å²) in [7, 11) is -3.25. The third kappa shape index (κ3) is 8.06. The molecule has 9 heteroatoms. The van der Waals surface area contributed by atoms with E-state index in [1.807, 2.05) is 6.07 Å². The van der Waals surface area contributed by atoms with Crippen molar-refractivity contribution in [3.8, 4) is 5.75 Å². The number of ether oxygens (including phenoxy) is 3. The summed E-state index contributed by atoms with van der Waals surface area (Å²) < 4.78 is 31.8. The van der Waals surface area contributed by atoms with Crippen LogP contribution in [-0.2, 0) is 29.5 Å². The normalized spacial score (nSPS) is 19.7. The van der Waals surface area contributed by atoms with Crippen LogP contribution in [0.5, 0.6) is 5.75 Å². The number of benzene rings is 1. The molecule has 1 heterocycles. The van der Waals surface area contributed by atoms with Gasteiger partial charge in [0.05, 0.1) is 19.0 Å². The molecule has 250 valence electrons. The maximum atomic E-state index is 12.3. The predicted molar refractivity (Wildman–Crippen MR) is 183 cm³/mol. The highest BCUT2D eigenvalue weighted by molar-refractivity contribution is 6.78. The van der Waals surface area contributed by atoms with Gasteiger partial charge in [-0.25, -0.2) is 4.79 Å². The SMILES string of the molecule is COC(=O)c1ccc(CC2=C[C@H](O[Si](C(C)C)(C(C)C)C(C)C)[C@@H](O[Si](C(C)C)(C(C)C)C(C)C)[C@H](C)O2)cc1OC(C)=O. The first-order chi connectivity index (χ1) is 20.3. The van der Waals surface area contributed by atoms with E-state index in [0.717, 1.165) is 11.3 Å². The van der Waals surface area contributed by atoms with Crippen molar-refractivity contribution < 1.29 is 32.7 Å². The molecular formula is C35H60O7Si2. The molecule has 44 heavy (non-hydrogen) atoms. The van der Waals surface area contributed by atoms with Crippen LogP contribution < -0.4 is 4.74 Å². The molecule has 1 aromatic carbocycles. The van der Waals surface area contributed by atoms with Gasteiger partial charge in [-0.15, -0.1) is 0 Å². The Labute approximate surface area is 269 Å². The molecule has 0 saturated carbocycles. The minimum absolute atomic E-state index is 0.174. The molecule has 0 unspecified atom stereocenters. The second-order valence-electron chi connectivity index (χ2n) is 14.3. The van der Waals surface area contributed by atoms with Gasteiger partial charge in [0.15, 0.2) is 0 Å². The standard InChI is InChI=1S/C35H60O7Si2/c1-21(2)43(22(3)4,23(5)6)41-33-20-30(18-29-16-17-31(35(37)38-15)32(19-29)40-28(14)36)39-27(13)34(33)42-44(24(7)8,25(9)10)26(11)12/h16-17,19-27,33-34H,18H2,1-15H3/t27-,33-,34-/m0/s1. The van der Waals surface area contributed by atoms with E-state index in [-0.39, 0.29) is 29.6 Å². The van der Waals surface area contributed by atoms with E-state index in [9.17, 15) is 9.59 Å². The van der Waals surface area contributed by atoms with Crippen molar-refractivity contribution in [2.45, 2.75) is 155 Å². The number of rotatable bonds is 14. The predicted octanol–water partition coefficient (Wildman–Crippen LogP) is 9.37. The Morgan fingerprint density at radius 3 is 1.70 bits per heavy atom. The molecule has 0 aliphatic carbocycles. The lowest BCUT2D eigenvalue weighted by atomic mass is 10.0. The number of allylic oxidation sites excluding steroid dienone is 1. The Morgan fingerprint density at radius 2 is 1.27 bits per heavy atom. The van der Waals surface area contributed by atoms with Crippen LogP contribution in [0.1, 0.15) is 113 Å². The molecule has 1 aromatic rings. The Kier molecular flexibility index (Phi) is 13.5. The summed E-state index contributed by atoms with van der Waals surface area (Å²) in [5, 5.41) is 0. The highest BCUT2D eigenvalue weighted by Crippen LogP contribution is 2.48. The summed E-state index contributed by atoms with van der Waals surface area (Å²) >= 11 is 0. The van der Waals surface area contributed by atoms with E-state index in [1.165, 1.54) is 14.0 Å². The third-order valence-electron chi connectivity index (χ3n) is 9.65. The average Bonchev–Trinajstić information content (AvgIpc) is 2.89. The Balaban J connectivity index is 2.68. The van der Waals surface area contributed by atoms with Crippen LogP contribution in [-0.4, -0.2) is 54.0 Å². The molecule has 1 aliphatic rings. The van der Waals surface area contributed by atoms with Crippen LogP contribution in [0.25, 0.3) is 0 Å². The highest BCUT2D eigenvalue weighted by Gasteiger charge is 2.53. The molecule has 7 nitrogen and oxygen atoms in total. The topological polar surface area (TPSA) is 80.3 Å². The number of methoxy groups -OCH3 is 1. The van der Waals surface area contributed by atoms with Crippen LogP contribution in [0.4, 0.5) is 0 Å². The number of hydrogen-bond acceptors (Lipinski definition) is 7. The van der Waals surface area contributed by atoms with Crippen molar-refractivity contribution >= 4 is 28.6 Å². The van der Waals surface area contributed by atoms with E-state index in [0.29, 0.717) is 39.7 Å². The van der Waals surface area contributed by atoms with E-state index in [2.05, 4.69) is 96.1 Å². The average molecular weight is 649 g/mol. The van der Waals surface area contributed by atoms with Crippen LogP contribution >= 0.6 is 0 Å². The molecule has 2 rings (SSSR count). The lowest BCUT2D eigenvalue weighted by Gasteiger charge is -2.51.